The average Bonchev–Trinajstić information content (AvgIpc) is 3.22. The van der Waals surface area contributed by atoms with Crippen LogP contribution in [0, 0.1) is 13.8 Å². The quantitative estimate of drug-likeness (QED) is 0.569. The standard InChI is InChI=1S/C25H33N5O2/c1-5-22(19-8-7-16(3)13-17(19)4)29-25(31)21-14-26-24-20(15-27-30(24)6-2)23(21)28-18-9-11-32-12-10-18/h7-8,13-15,18,22H,5-6,9-12H2,1-4H3,(H,26,28)(H,29,31). The Labute approximate surface area is 189 Å². The van der Waals surface area contributed by atoms with Crippen molar-refractivity contribution in [1.82, 2.24) is 20.1 Å². The van der Waals surface area contributed by atoms with Gasteiger partial charge in [-0.2, -0.15) is 5.10 Å². The molecule has 1 atom stereocenters. The fourth-order valence-corrected chi connectivity index (χ4v) is 4.48. The van der Waals surface area contributed by atoms with Gasteiger partial charge in [-0.25, -0.2) is 9.67 Å². The van der Waals surface area contributed by atoms with Crippen molar-refractivity contribution in [3.05, 3.63) is 52.8 Å². The second-order valence-electron chi connectivity index (χ2n) is 8.57. The SMILES string of the molecule is CCC(NC(=O)c1cnc2c(cnn2CC)c1NC1CCOCC1)c1ccc(C)cc1C. The normalized spacial score (nSPS) is 15.6. The average molecular weight is 436 g/mol. The van der Waals surface area contributed by atoms with Crippen molar-refractivity contribution in [2.24, 2.45) is 0 Å². The third-order valence-corrected chi connectivity index (χ3v) is 6.29. The number of anilines is 1. The summed E-state index contributed by atoms with van der Waals surface area (Å²) in [6, 6.07) is 6.57. The molecule has 2 aromatic heterocycles. The molecule has 3 aromatic rings. The van der Waals surface area contributed by atoms with Crippen LogP contribution >= 0.6 is 0 Å². The topological polar surface area (TPSA) is 81.1 Å². The molecular weight excluding hydrogens is 402 g/mol. The predicted octanol–water partition coefficient (Wildman–Crippen LogP) is 4.54. The fourth-order valence-electron chi connectivity index (χ4n) is 4.48. The van der Waals surface area contributed by atoms with Crippen LogP contribution in [0.2, 0.25) is 0 Å². The molecule has 2 N–H and O–H groups in total. The van der Waals surface area contributed by atoms with E-state index in [4.69, 9.17) is 4.74 Å². The highest BCUT2D eigenvalue weighted by atomic mass is 16.5. The molecule has 0 saturated carbocycles. The maximum Gasteiger partial charge on any atom is 0.255 e. The van der Waals surface area contributed by atoms with Crippen LogP contribution in [-0.4, -0.2) is 39.9 Å². The second kappa shape index (κ2) is 9.69. The van der Waals surface area contributed by atoms with Gasteiger partial charge in [-0.05, 0) is 51.2 Å². The molecule has 1 aliphatic heterocycles. The molecular formula is C25H33N5O2. The van der Waals surface area contributed by atoms with Crippen LogP contribution in [0.5, 0.6) is 0 Å². The Morgan fingerprint density at radius 1 is 1.22 bits per heavy atom. The van der Waals surface area contributed by atoms with Gasteiger partial charge in [-0.1, -0.05) is 30.7 Å². The van der Waals surface area contributed by atoms with Gasteiger partial charge in [0.2, 0.25) is 0 Å². The minimum atomic E-state index is -0.120. The zero-order valence-electron chi connectivity index (χ0n) is 19.4. The molecule has 1 saturated heterocycles. The molecule has 1 aromatic carbocycles. The number of benzene rings is 1. The molecule has 0 radical (unpaired) electrons. The maximum atomic E-state index is 13.5. The smallest absolute Gasteiger partial charge is 0.255 e. The number of hydrogen-bond acceptors (Lipinski definition) is 5. The number of pyridine rings is 1. The Morgan fingerprint density at radius 3 is 2.69 bits per heavy atom. The zero-order chi connectivity index (χ0) is 22.7. The third-order valence-electron chi connectivity index (χ3n) is 6.29. The Hall–Kier alpha value is -2.93. The Kier molecular flexibility index (Phi) is 6.74. The minimum absolute atomic E-state index is 0.0620. The highest BCUT2D eigenvalue weighted by Crippen LogP contribution is 2.29. The van der Waals surface area contributed by atoms with Gasteiger partial charge in [0, 0.05) is 32.0 Å². The van der Waals surface area contributed by atoms with Crippen LogP contribution in [0.4, 0.5) is 5.69 Å². The van der Waals surface area contributed by atoms with Gasteiger partial charge < -0.3 is 15.4 Å². The number of carbonyl (C=O) groups is 1. The maximum absolute atomic E-state index is 13.5. The van der Waals surface area contributed by atoms with Gasteiger partial charge in [-0.3, -0.25) is 4.79 Å². The summed E-state index contributed by atoms with van der Waals surface area (Å²) in [6.07, 6.45) is 6.12. The summed E-state index contributed by atoms with van der Waals surface area (Å²) in [5.41, 5.74) is 5.73. The van der Waals surface area contributed by atoms with Gasteiger partial charge in [0.05, 0.1) is 28.9 Å². The second-order valence-corrected chi connectivity index (χ2v) is 8.57. The number of amides is 1. The third kappa shape index (κ3) is 4.48. The number of aryl methyl sites for hydroxylation is 3. The number of nitrogens with zero attached hydrogens (tertiary/aromatic N) is 3. The number of fused-ring (bicyclic) bond motifs is 1. The van der Waals surface area contributed by atoms with Gasteiger partial charge >= 0.3 is 0 Å². The van der Waals surface area contributed by atoms with Crippen molar-refractivity contribution >= 4 is 22.6 Å². The number of nitrogens with one attached hydrogen (secondary N) is 2. The summed E-state index contributed by atoms with van der Waals surface area (Å²) >= 11 is 0. The Bertz CT molecular complexity index is 1100. The van der Waals surface area contributed by atoms with E-state index < -0.39 is 0 Å². The van der Waals surface area contributed by atoms with Crippen LogP contribution in [-0.2, 0) is 11.3 Å². The Morgan fingerprint density at radius 2 is 2.00 bits per heavy atom. The van der Waals surface area contributed by atoms with E-state index >= 15 is 0 Å². The van der Waals surface area contributed by atoms with Crippen molar-refractivity contribution in [3.8, 4) is 0 Å². The van der Waals surface area contributed by atoms with Crippen molar-refractivity contribution in [1.29, 1.82) is 0 Å². The highest BCUT2D eigenvalue weighted by molar-refractivity contribution is 6.06. The van der Waals surface area contributed by atoms with Crippen molar-refractivity contribution < 1.29 is 9.53 Å². The first-order chi connectivity index (χ1) is 15.5. The molecule has 4 rings (SSSR count). The minimum Gasteiger partial charge on any atom is -0.381 e. The van der Waals surface area contributed by atoms with Crippen LogP contribution in [0.1, 0.15) is 66.2 Å². The van der Waals surface area contributed by atoms with E-state index in [9.17, 15) is 4.79 Å². The lowest BCUT2D eigenvalue weighted by molar-refractivity contribution is 0.0903. The van der Waals surface area contributed by atoms with Gasteiger partial charge in [0.1, 0.15) is 0 Å². The molecule has 7 nitrogen and oxygen atoms in total. The molecule has 0 spiro atoms. The monoisotopic (exact) mass is 435 g/mol. The Balaban J connectivity index is 1.68. The predicted molar refractivity (Wildman–Crippen MR) is 127 cm³/mol. The van der Waals surface area contributed by atoms with E-state index in [1.54, 1.807) is 6.20 Å². The first-order valence-corrected chi connectivity index (χ1v) is 11.6. The first kappa shape index (κ1) is 22.3. The van der Waals surface area contributed by atoms with Crippen molar-refractivity contribution in [2.75, 3.05) is 18.5 Å². The summed E-state index contributed by atoms with van der Waals surface area (Å²) in [6.45, 7) is 10.5. The molecule has 1 aliphatic rings. The molecule has 0 aliphatic carbocycles. The number of carbonyl (C=O) groups excluding carboxylic acids is 1. The number of rotatable bonds is 7. The number of aromatic nitrogens is 3. The van der Waals surface area contributed by atoms with Crippen LogP contribution in [0.15, 0.2) is 30.6 Å². The molecule has 170 valence electrons. The van der Waals surface area contributed by atoms with Crippen LogP contribution < -0.4 is 10.6 Å². The molecule has 1 fully saturated rings. The van der Waals surface area contributed by atoms with E-state index in [-0.39, 0.29) is 18.0 Å². The molecule has 1 amide bonds. The number of ether oxygens (including phenoxy) is 1. The lowest BCUT2D eigenvalue weighted by atomic mass is 9.97. The number of hydrogen-bond donors (Lipinski definition) is 2. The fraction of sp³-hybridized carbons (Fsp3) is 0.480. The van der Waals surface area contributed by atoms with E-state index in [0.717, 1.165) is 61.3 Å². The van der Waals surface area contributed by atoms with E-state index in [1.165, 1.54) is 11.1 Å². The summed E-state index contributed by atoms with van der Waals surface area (Å²) in [5, 5.41) is 12.2. The molecule has 1 unspecified atom stereocenters. The van der Waals surface area contributed by atoms with Crippen LogP contribution in [0.25, 0.3) is 11.0 Å². The highest BCUT2D eigenvalue weighted by Gasteiger charge is 2.24. The van der Waals surface area contributed by atoms with Gasteiger partial charge in [0.25, 0.3) is 5.91 Å². The summed E-state index contributed by atoms with van der Waals surface area (Å²) in [4.78, 5) is 18.1. The summed E-state index contributed by atoms with van der Waals surface area (Å²) in [7, 11) is 0. The van der Waals surface area contributed by atoms with E-state index in [0.29, 0.717) is 5.56 Å². The largest absolute Gasteiger partial charge is 0.381 e. The van der Waals surface area contributed by atoms with Crippen LogP contribution in [0.3, 0.4) is 0 Å². The molecule has 0 bridgehead atoms. The van der Waals surface area contributed by atoms with E-state index in [1.807, 2.05) is 17.8 Å². The molecule has 3 heterocycles. The van der Waals surface area contributed by atoms with Gasteiger partial charge in [0.15, 0.2) is 5.65 Å². The lowest BCUT2D eigenvalue weighted by Gasteiger charge is -2.26. The lowest BCUT2D eigenvalue weighted by Crippen LogP contribution is -2.32. The summed E-state index contributed by atoms with van der Waals surface area (Å²) < 4.78 is 7.37. The van der Waals surface area contributed by atoms with E-state index in [2.05, 4.69) is 59.7 Å². The van der Waals surface area contributed by atoms with Crippen molar-refractivity contribution in [3.63, 3.8) is 0 Å². The zero-order valence-corrected chi connectivity index (χ0v) is 19.4. The van der Waals surface area contributed by atoms with Gasteiger partial charge in [-0.15, -0.1) is 0 Å². The summed E-state index contributed by atoms with van der Waals surface area (Å²) in [5.74, 6) is -0.120. The first-order valence-electron chi connectivity index (χ1n) is 11.6. The molecule has 32 heavy (non-hydrogen) atoms. The molecule has 7 heteroatoms. The van der Waals surface area contributed by atoms with Crippen molar-refractivity contribution in [2.45, 2.75) is 65.6 Å².